The number of carbonyl (C=O) groups excluding carboxylic acids is 2. The first-order valence-electron chi connectivity index (χ1n) is 7.81. The molecule has 1 aliphatic carbocycles. The van der Waals surface area contributed by atoms with Gasteiger partial charge in [0.1, 0.15) is 6.54 Å². The van der Waals surface area contributed by atoms with Crippen molar-refractivity contribution in [2.24, 2.45) is 0 Å². The van der Waals surface area contributed by atoms with Crippen molar-refractivity contribution in [1.82, 2.24) is 25.4 Å². The van der Waals surface area contributed by atoms with Crippen LogP contribution in [0.5, 0.6) is 0 Å². The van der Waals surface area contributed by atoms with Crippen molar-refractivity contribution in [2.75, 3.05) is 6.54 Å². The molecule has 2 aromatic rings. The lowest BCUT2D eigenvalue weighted by molar-refractivity contribution is -0.126. The van der Waals surface area contributed by atoms with E-state index in [1.54, 1.807) is 4.57 Å². The van der Waals surface area contributed by atoms with Gasteiger partial charge in [-0.1, -0.05) is 29.8 Å². The van der Waals surface area contributed by atoms with Crippen LogP contribution in [0.15, 0.2) is 24.3 Å². The maximum absolute atomic E-state index is 12.1. The van der Waals surface area contributed by atoms with E-state index in [-0.39, 0.29) is 30.9 Å². The summed E-state index contributed by atoms with van der Waals surface area (Å²) in [6, 6.07) is 8.08. The summed E-state index contributed by atoms with van der Waals surface area (Å²) in [6.07, 6.45) is 2.04. The molecule has 3 rings (SSSR count). The summed E-state index contributed by atoms with van der Waals surface area (Å²) >= 11 is 5.20. The molecule has 8 heteroatoms. The Kier molecular flexibility index (Phi) is 4.75. The monoisotopic (exact) mass is 345 g/mol. The predicted octanol–water partition coefficient (Wildman–Crippen LogP) is 1.31. The fraction of sp³-hybridized carbons (Fsp3) is 0.375. The Bertz CT molecular complexity index is 805. The number of benzene rings is 1. The number of aromatic amines is 1. The van der Waals surface area contributed by atoms with Crippen LogP contribution in [0.25, 0.3) is 11.4 Å². The Morgan fingerprint density at radius 1 is 1.29 bits per heavy atom. The number of hydrogen-bond donors (Lipinski definition) is 3. The quantitative estimate of drug-likeness (QED) is 0.689. The van der Waals surface area contributed by atoms with Crippen molar-refractivity contribution in [3.05, 3.63) is 34.6 Å². The van der Waals surface area contributed by atoms with Crippen molar-refractivity contribution >= 4 is 24.0 Å². The molecule has 1 aromatic heterocycles. The first-order valence-corrected chi connectivity index (χ1v) is 8.22. The van der Waals surface area contributed by atoms with Crippen molar-refractivity contribution < 1.29 is 9.59 Å². The largest absolute Gasteiger partial charge is 0.352 e. The van der Waals surface area contributed by atoms with Gasteiger partial charge in [-0.15, -0.1) is 0 Å². The number of nitrogens with zero attached hydrogens (tertiary/aromatic N) is 2. The van der Waals surface area contributed by atoms with Gasteiger partial charge in [-0.25, -0.2) is 0 Å². The summed E-state index contributed by atoms with van der Waals surface area (Å²) in [5.74, 6) is 0.143. The third kappa shape index (κ3) is 4.08. The standard InChI is InChI=1S/C16H19N5O2S/c1-10-2-4-11(5-3-10)15-19-20-16(24)21(15)9-14(23)17-8-13(22)18-12-6-7-12/h2-5,12H,6-9H2,1H3,(H,17,23)(H,18,22)(H,20,24). The van der Waals surface area contributed by atoms with E-state index in [0.717, 1.165) is 24.0 Å². The average Bonchev–Trinajstić information content (AvgIpc) is 3.30. The SMILES string of the molecule is Cc1ccc(-c2n[nH]c(=S)n2CC(=O)NCC(=O)NC2CC2)cc1. The molecule has 0 spiro atoms. The highest BCUT2D eigenvalue weighted by Gasteiger charge is 2.23. The summed E-state index contributed by atoms with van der Waals surface area (Å²) in [7, 11) is 0. The van der Waals surface area contributed by atoms with E-state index in [1.165, 1.54) is 0 Å². The summed E-state index contributed by atoms with van der Waals surface area (Å²) in [4.78, 5) is 23.7. The Morgan fingerprint density at radius 2 is 2.00 bits per heavy atom. The molecule has 126 valence electrons. The fourth-order valence-corrected chi connectivity index (χ4v) is 2.47. The number of aryl methyl sites for hydroxylation is 1. The third-order valence-corrected chi connectivity index (χ3v) is 4.07. The first-order chi connectivity index (χ1) is 11.5. The minimum absolute atomic E-state index is 0.00918. The smallest absolute Gasteiger partial charge is 0.240 e. The molecule has 1 aliphatic rings. The van der Waals surface area contributed by atoms with Crippen LogP contribution < -0.4 is 10.6 Å². The fourth-order valence-electron chi connectivity index (χ4n) is 2.27. The zero-order valence-corrected chi connectivity index (χ0v) is 14.2. The molecule has 0 unspecified atom stereocenters. The summed E-state index contributed by atoms with van der Waals surface area (Å²) in [5, 5.41) is 12.3. The number of carbonyl (C=O) groups is 2. The highest BCUT2D eigenvalue weighted by Crippen LogP contribution is 2.18. The molecule has 1 saturated carbocycles. The number of rotatable bonds is 6. The third-order valence-electron chi connectivity index (χ3n) is 3.76. The molecular weight excluding hydrogens is 326 g/mol. The van der Waals surface area contributed by atoms with Gasteiger partial charge in [-0.05, 0) is 32.0 Å². The second-order valence-electron chi connectivity index (χ2n) is 5.92. The minimum Gasteiger partial charge on any atom is -0.352 e. The Labute approximate surface area is 144 Å². The Hall–Kier alpha value is -2.48. The molecule has 24 heavy (non-hydrogen) atoms. The van der Waals surface area contributed by atoms with E-state index in [4.69, 9.17) is 12.2 Å². The van der Waals surface area contributed by atoms with Crippen molar-refractivity contribution in [2.45, 2.75) is 32.4 Å². The summed E-state index contributed by atoms with van der Waals surface area (Å²) < 4.78 is 1.98. The molecule has 0 atom stereocenters. The van der Waals surface area contributed by atoms with Crippen LogP contribution in [0.2, 0.25) is 0 Å². The second kappa shape index (κ2) is 6.96. The molecule has 2 amide bonds. The maximum atomic E-state index is 12.1. The first kappa shape index (κ1) is 16.4. The van der Waals surface area contributed by atoms with Gasteiger partial charge < -0.3 is 10.6 Å². The van der Waals surface area contributed by atoms with Crippen LogP contribution in [0.1, 0.15) is 18.4 Å². The molecule has 1 aromatic carbocycles. The molecule has 7 nitrogen and oxygen atoms in total. The van der Waals surface area contributed by atoms with Gasteiger partial charge in [0.2, 0.25) is 11.8 Å². The number of nitrogens with one attached hydrogen (secondary N) is 3. The van der Waals surface area contributed by atoms with Gasteiger partial charge in [-0.3, -0.25) is 19.3 Å². The zero-order chi connectivity index (χ0) is 17.1. The van der Waals surface area contributed by atoms with Crippen LogP contribution in [0.4, 0.5) is 0 Å². The molecule has 0 aliphatic heterocycles. The number of H-pyrrole nitrogens is 1. The Balaban J connectivity index is 1.64. The lowest BCUT2D eigenvalue weighted by Crippen LogP contribution is -2.39. The van der Waals surface area contributed by atoms with E-state index in [2.05, 4.69) is 20.8 Å². The van der Waals surface area contributed by atoms with Gasteiger partial charge >= 0.3 is 0 Å². The van der Waals surface area contributed by atoms with E-state index < -0.39 is 0 Å². The zero-order valence-electron chi connectivity index (χ0n) is 13.3. The Morgan fingerprint density at radius 3 is 2.67 bits per heavy atom. The van der Waals surface area contributed by atoms with Crippen molar-refractivity contribution in [1.29, 1.82) is 0 Å². The molecule has 3 N–H and O–H groups in total. The van der Waals surface area contributed by atoms with E-state index in [1.807, 2.05) is 31.2 Å². The molecular formula is C16H19N5O2S. The van der Waals surface area contributed by atoms with Crippen LogP contribution >= 0.6 is 12.2 Å². The van der Waals surface area contributed by atoms with Crippen LogP contribution in [-0.2, 0) is 16.1 Å². The van der Waals surface area contributed by atoms with Crippen LogP contribution in [0.3, 0.4) is 0 Å². The number of hydrogen-bond acceptors (Lipinski definition) is 4. The highest BCUT2D eigenvalue weighted by atomic mass is 32.1. The van der Waals surface area contributed by atoms with Gasteiger partial charge in [0, 0.05) is 11.6 Å². The van der Waals surface area contributed by atoms with Gasteiger partial charge in [0.25, 0.3) is 0 Å². The maximum Gasteiger partial charge on any atom is 0.240 e. The molecule has 0 saturated heterocycles. The number of aromatic nitrogens is 3. The van der Waals surface area contributed by atoms with Crippen LogP contribution in [-0.4, -0.2) is 39.2 Å². The topological polar surface area (TPSA) is 91.8 Å². The summed E-state index contributed by atoms with van der Waals surface area (Å²) in [5.41, 5.74) is 2.01. The van der Waals surface area contributed by atoms with E-state index in [9.17, 15) is 9.59 Å². The predicted molar refractivity (Wildman–Crippen MR) is 91.8 cm³/mol. The molecule has 0 radical (unpaired) electrons. The lowest BCUT2D eigenvalue weighted by Gasteiger charge is -2.08. The second-order valence-corrected chi connectivity index (χ2v) is 6.31. The number of amides is 2. The average molecular weight is 345 g/mol. The lowest BCUT2D eigenvalue weighted by atomic mass is 10.1. The molecule has 0 bridgehead atoms. The van der Waals surface area contributed by atoms with Gasteiger partial charge in [0.05, 0.1) is 6.54 Å². The van der Waals surface area contributed by atoms with Gasteiger partial charge in [-0.2, -0.15) is 5.10 Å². The van der Waals surface area contributed by atoms with Crippen molar-refractivity contribution in [3.8, 4) is 11.4 Å². The van der Waals surface area contributed by atoms with E-state index in [0.29, 0.717) is 10.6 Å². The van der Waals surface area contributed by atoms with E-state index >= 15 is 0 Å². The highest BCUT2D eigenvalue weighted by molar-refractivity contribution is 7.71. The van der Waals surface area contributed by atoms with Gasteiger partial charge in [0.15, 0.2) is 10.6 Å². The van der Waals surface area contributed by atoms with Crippen LogP contribution in [0, 0.1) is 11.7 Å². The normalized spacial score (nSPS) is 13.5. The molecule has 1 fully saturated rings. The molecule has 1 heterocycles. The minimum atomic E-state index is -0.285. The summed E-state index contributed by atoms with van der Waals surface area (Å²) in [6.45, 7) is 1.98. The van der Waals surface area contributed by atoms with Crippen molar-refractivity contribution in [3.63, 3.8) is 0 Å².